The normalized spacial score (nSPS) is 11.2. The largest absolute Gasteiger partial charge is 0.484 e. The number of Topliss-reactive ketones (excluding diaryl/α,β-unsaturated/α-hetero) is 1. The number of carbonyl (C=O) groups is 2. The molecule has 0 spiro atoms. The first-order chi connectivity index (χ1) is 14.5. The third-order valence-electron chi connectivity index (χ3n) is 4.68. The lowest BCUT2D eigenvalue weighted by Crippen LogP contribution is -2.43. The van der Waals surface area contributed by atoms with E-state index < -0.39 is 6.04 Å². The van der Waals surface area contributed by atoms with Gasteiger partial charge in [0.2, 0.25) is 0 Å². The van der Waals surface area contributed by atoms with E-state index in [2.05, 4.69) is 11.4 Å². The van der Waals surface area contributed by atoms with Crippen LogP contribution < -0.4 is 10.1 Å². The van der Waals surface area contributed by atoms with Crippen LogP contribution in [0.5, 0.6) is 5.75 Å². The Morgan fingerprint density at radius 3 is 2.10 bits per heavy atom. The zero-order chi connectivity index (χ0) is 21.3. The van der Waals surface area contributed by atoms with Crippen molar-refractivity contribution in [1.29, 1.82) is 5.26 Å². The Bertz CT molecular complexity index is 1040. The molecule has 0 aliphatic heterocycles. The van der Waals surface area contributed by atoms with E-state index in [9.17, 15) is 9.59 Å². The summed E-state index contributed by atoms with van der Waals surface area (Å²) in [4.78, 5) is 24.2. The van der Waals surface area contributed by atoms with Gasteiger partial charge in [-0.1, -0.05) is 54.6 Å². The fraction of sp³-hybridized carbons (Fsp3) is 0.160. The van der Waals surface area contributed by atoms with E-state index in [1.807, 2.05) is 54.6 Å². The van der Waals surface area contributed by atoms with Crippen molar-refractivity contribution >= 4 is 11.7 Å². The molecule has 0 radical (unpaired) electrons. The van der Waals surface area contributed by atoms with Crippen LogP contribution in [0, 0.1) is 11.3 Å². The number of ketones is 1. The summed E-state index contributed by atoms with van der Waals surface area (Å²) in [5.74, 6) is 0.117. The van der Waals surface area contributed by atoms with Gasteiger partial charge in [0.15, 0.2) is 12.4 Å². The molecule has 3 aromatic rings. The van der Waals surface area contributed by atoms with Crippen LogP contribution in [0.15, 0.2) is 78.9 Å². The number of nitriles is 1. The van der Waals surface area contributed by atoms with Crippen molar-refractivity contribution in [2.24, 2.45) is 0 Å². The molecular formula is C25H22N2O3. The van der Waals surface area contributed by atoms with E-state index in [0.29, 0.717) is 17.7 Å². The first kappa shape index (κ1) is 20.8. The number of hydrogen-bond donors (Lipinski definition) is 1. The Morgan fingerprint density at radius 2 is 1.53 bits per heavy atom. The zero-order valence-corrected chi connectivity index (χ0v) is 16.7. The van der Waals surface area contributed by atoms with Crippen molar-refractivity contribution in [2.45, 2.75) is 19.4 Å². The molecule has 0 aliphatic carbocycles. The van der Waals surface area contributed by atoms with Crippen LogP contribution in [0.2, 0.25) is 0 Å². The van der Waals surface area contributed by atoms with Crippen LogP contribution in [-0.2, 0) is 16.0 Å². The minimum absolute atomic E-state index is 0.0982. The molecule has 0 saturated heterocycles. The fourth-order valence-electron chi connectivity index (χ4n) is 3.01. The van der Waals surface area contributed by atoms with Crippen molar-refractivity contribution in [1.82, 2.24) is 5.32 Å². The summed E-state index contributed by atoms with van der Waals surface area (Å²) in [6.07, 6.45) is 0.446. The number of nitrogens with one attached hydrogen (secondary N) is 1. The van der Waals surface area contributed by atoms with Crippen molar-refractivity contribution in [2.75, 3.05) is 6.61 Å². The second kappa shape index (κ2) is 10.0. The molecule has 0 fully saturated rings. The lowest BCUT2D eigenvalue weighted by molar-refractivity contribution is -0.128. The van der Waals surface area contributed by atoms with E-state index in [1.54, 1.807) is 24.3 Å². The highest BCUT2D eigenvalue weighted by Crippen LogP contribution is 2.22. The topological polar surface area (TPSA) is 79.2 Å². The van der Waals surface area contributed by atoms with Gasteiger partial charge >= 0.3 is 0 Å². The van der Waals surface area contributed by atoms with Crippen LogP contribution >= 0.6 is 0 Å². The Hall–Kier alpha value is -3.91. The number of rotatable bonds is 8. The average molecular weight is 398 g/mol. The standard InChI is InChI=1S/C25H22N2O3/c1-18(28)24(15-19-5-3-2-4-6-19)27-25(29)17-30-23-13-11-22(12-14-23)21-9-7-20(16-26)8-10-21/h2-14,24H,15,17H2,1H3,(H,27,29)/t24-/m1/s1. The summed E-state index contributed by atoms with van der Waals surface area (Å²) in [5, 5.41) is 11.6. The highest BCUT2D eigenvalue weighted by molar-refractivity contribution is 5.88. The Balaban J connectivity index is 1.54. The molecule has 3 rings (SSSR count). The van der Waals surface area contributed by atoms with Crippen LogP contribution in [0.3, 0.4) is 0 Å². The molecule has 5 nitrogen and oxygen atoms in total. The quantitative estimate of drug-likeness (QED) is 0.624. The molecule has 0 heterocycles. The average Bonchev–Trinajstić information content (AvgIpc) is 2.78. The summed E-state index contributed by atoms with van der Waals surface area (Å²) in [6.45, 7) is 1.30. The van der Waals surface area contributed by atoms with Gasteiger partial charge in [0.25, 0.3) is 5.91 Å². The highest BCUT2D eigenvalue weighted by Gasteiger charge is 2.17. The van der Waals surface area contributed by atoms with E-state index in [-0.39, 0.29) is 18.3 Å². The molecule has 1 atom stereocenters. The van der Waals surface area contributed by atoms with Crippen LogP contribution in [-0.4, -0.2) is 24.3 Å². The summed E-state index contributed by atoms with van der Waals surface area (Å²) in [6, 6.07) is 25.7. The third kappa shape index (κ3) is 5.79. The first-order valence-electron chi connectivity index (χ1n) is 9.62. The highest BCUT2D eigenvalue weighted by atomic mass is 16.5. The van der Waals surface area contributed by atoms with Gasteiger partial charge in [-0.05, 0) is 54.3 Å². The molecule has 1 amide bonds. The van der Waals surface area contributed by atoms with Gasteiger partial charge in [-0.3, -0.25) is 9.59 Å². The third-order valence-corrected chi connectivity index (χ3v) is 4.68. The smallest absolute Gasteiger partial charge is 0.258 e. The van der Waals surface area contributed by atoms with Gasteiger partial charge in [0, 0.05) is 0 Å². The number of carbonyl (C=O) groups excluding carboxylic acids is 2. The predicted molar refractivity (Wildman–Crippen MR) is 115 cm³/mol. The second-order valence-corrected chi connectivity index (χ2v) is 6.92. The predicted octanol–water partition coefficient (Wildman–Crippen LogP) is 3.92. The molecule has 5 heteroatoms. The van der Waals surface area contributed by atoms with E-state index >= 15 is 0 Å². The van der Waals surface area contributed by atoms with Gasteiger partial charge in [-0.2, -0.15) is 5.26 Å². The molecular weight excluding hydrogens is 376 g/mol. The lowest BCUT2D eigenvalue weighted by atomic mass is 10.0. The minimum atomic E-state index is -0.581. The van der Waals surface area contributed by atoms with Crippen molar-refractivity contribution in [3.8, 4) is 22.9 Å². The molecule has 30 heavy (non-hydrogen) atoms. The first-order valence-corrected chi connectivity index (χ1v) is 9.62. The maximum atomic E-state index is 12.3. The Labute approximate surface area is 175 Å². The van der Waals surface area contributed by atoms with Gasteiger partial charge in [0.05, 0.1) is 17.7 Å². The Morgan fingerprint density at radius 1 is 0.933 bits per heavy atom. The second-order valence-electron chi connectivity index (χ2n) is 6.92. The molecule has 0 aliphatic rings. The summed E-state index contributed by atoms with van der Waals surface area (Å²) < 4.78 is 5.56. The summed E-state index contributed by atoms with van der Waals surface area (Å²) >= 11 is 0. The van der Waals surface area contributed by atoms with Crippen molar-refractivity contribution in [3.05, 3.63) is 90.0 Å². The van der Waals surface area contributed by atoms with Gasteiger partial charge < -0.3 is 10.1 Å². The maximum Gasteiger partial charge on any atom is 0.258 e. The zero-order valence-electron chi connectivity index (χ0n) is 16.7. The number of hydrogen-bond acceptors (Lipinski definition) is 4. The number of ether oxygens (including phenoxy) is 1. The number of benzene rings is 3. The van der Waals surface area contributed by atoms with Gasteiger partial charge in [-0.25, -0.2) is 0 Å². The fourth-order valence-corrected chi connectivity index (χ4v) is 3.01. The van der Waals surface area contributed by atoms with E-state index in [4.69, 9.17) is 10.00 Å². The maximum absolute atomic E-state index is 12.3. The molecule has 1 N–H and O–H groups in total. The number of amides is 1. The molecule has 3 aromatic carbocycles. The SMILES string of the molecule is CC(=O)[C@@H](Cc1ccccc1)NC(=O)COc1ccc(-c2ccc(C#N)cc2)cc1. The molecule has 0 saturated carbocycles. The van der Waals surface area contributed by atoms with E-state index in [0.717, 1.165) is 16.7 Å². The number of nitrogens with zero attached hydrogens (tertiary/aromatic N) is 1. The minimum Gasteiger partial charge on any atom is -0.484 e. The molecule has 150 valence electrons. The van der Waals surface area contributed by atoms with E-state index in [1.165, 1.54) is 6.92 Å². The van der Waals surface area contributed by atoms with Gasteiger partial charge in [-0.15, -0.1) is 0 Å². The summed E-state index contributed by atoms with van der Waals surface area (Å²) in [7, 11) is 0. The lowest BCUT2D eigenvalue weighted by Gasteiger charge is -2.16. The van der Waals surface area contributed by atoms with Crippen molar-refractivity contribution in [3.63, 3.8) is 0 Å². The molecule has 0 aromatic heterocycles. The van der Waals surface area contributed by atoms with Crippen LogP contribution in [0.25, 0.3) is 11.1 Å². The Kier molecular flexibility index (Phi) is 6.96. The van der Waals surface area contributed by atoms with Crippen molar-refractivity contribution < 1.29 is 14.3 Å². The molecule has 0 unspecified atom stereocenters. The molecule has 0 bridgehead atoms. The van der Waals surface area contributed by atoms with Crippen LogP contribution in [0.1, 0.15) is 18.1 Å². The van der Waals surface area contributed by atoms with Crippen LogP contribution in [0.4, 0.5) is 0 Å². The summed E-state index contributed by atoms with van der Waals surface area (Å²) in [5.41, 5.74) is 3.57. The van der Waals surface area contributed by atoms with Gasteiger partial charge in [0.1, 0.15) is 5.75 Å². The monoisotopic (exact) mass is 398 g/mol.